The molecule has 1 atom stereocenters. The number of nitrogens with zero attached hydrogens (tertiary/aromatic N) is 1. The van der Waals surface area contributed by atoms with Gasteiger partial charge in [-0.05, 0) is 37.1 Å². The molecule has 1 unspecified atom stereocenters. The largest absolute Gasteiger partial charge is 0.290 e. The minimum Gasteiger partial charge on any atom is -0.290 e. The number of Topliss-reactive ketones (excluding diaryl/α,β-unsaturated/α-hetero) is 2. The molecule has 0 aromatic heterocycles. The molecule has 5 heteroatoms. The van der Waals surface area contributed by atoms with Gasteiger partial charge in [0, 0.05) is 32.2 Å². The van der Waals surface area contributed by atoms with E-state index in [1.807, 2.05) is 42.5 Å². The summed E-state index contributed by atoms with van der Waals surface area (Å²) in [7, 11) is 0. The van der Waals surface area contributed by atoms with Crippen molar-refractivity contribution in [1.82, 2.24) is 0 Å². The molecule has 1 heterocycles. The highest BCUT2D eigenvalue weighted by Crippen LogP contribution is 2.45. The molecule has 4 rings (SSSR count). The number of aliphatic imine (C=N–C) groups is 1. The monoisotopic (exact) mass is 399 g/mol. The first-order valence-corrected chi connectivity index (χ1v) is 9.78. The second-order valence-electron chi connectivity index (χ2n) is 5.85. The molecule has 24 heavy (non-hydrogen) atoms. The highest BCUT2D eigenvalue weighted by atomic mass is 79.9. The first-order valence-electron chi connectivity index (χ1n) is 7.84. The predicted molar refractivity (Wildman–Crippen MR) is 100 cm³/mol. The third-order valence-corrected chi connectivity index (χ3v) is 6.00. The van der Waals surface area contributed by atoms with Gasteiger partial charge in [-0.2, -0.15) is 0 Å². The van der Waals surface area contributed by atoms with Gasteiger partial charge < -0.3 is 0 Å². The maximum atomic E-state index is 12.7. The number of alkyl halides is 1. The zero-order chi connectivity index (χ0) is 16.7. The number of thioether (sulfide) groups is 1. The quantitative estimate of drug-likeness (QED) is 0.552. The Morgan fingerprint density at radius 3 is 2.75 bits per heavy atom. The number of carbonyl (C=O) groups is 2. The van der Waals surface area contributed by atoms with E-state index < -0.39 is 0 Å². The summed E-state index contributed by atoms with van der Waals surface area (Å²) in [6.07, 6.45) is 7.31. The zero-order valence-corrected chi connectivity index (χ0v) is 15.2. The zero-order valence-electron chi connectivity index (χ0n) is 12.8. The van der Waals surface area contributed by atoms with Crippen LogP contribution in [0.1, 0.15) is 12.8 Å². The summed E-state index contributed by atoms with van der Waals surface area (Å²) in [5, 5.41) is 0.831. The van der Waals surface area contributed by atoms with Crippen molar-refractivity contribution in [1.29, 1.82) is 0 Å². The third-order valence-electron chi connectivity index (χ3n) is 4.31. The van der Waals surface area contributed by atoms with Crippen molar-refractivity contribution in [3.05, 3.63) is 58.5 Å². The Hall–Kier alpha value is -1.72. The Labute approximate surface area is 152 Å². The third kappa shape index (κ3) is 2.56. The van der Waals surface area contributed by atoms with Gasteiger partial charge in [0.2, 0.25) is 11.6 Å². The van der Waals surface area contributed by atoms with E-state index in [4.69, 9.17) is 0 Å². The van der Waals surface area contributed by atoms with E-state index in [0.29, 0.717) is 12.0 Å². The fourth-order valence-electron chi connectivity index (χ4n) is 3.03. The fourth-order valence-corrected chi connectivity index (χ4v) is 4.49. The Morgan fingerprint density at radius 2 is 2.00 bits per heavy atom. The van der Waals surface area contributed by atoms with Crippen LogP contribution < -0.4 is 0 Å². The number of fused-ring (bicyclic) bond motifs is 3. The van der Waals surface area contributed by atoms with Gasteiger partial charge in [-0.1, -0.05) is 45.9 Å². The molecule has 0 N–H and O–H groups in total. The van der Waals surface area contributed by atoms with Gasteiger partial charge >= 0.3 is 0 Å². The van der Waals surface area contributed by atoms with E-state index in [9.17, 15) is 9.59 Å². The van der Waals surface area contributed by atoms with Crippen molar-refractivity contribution >= 4 is 50.7 Å². The number of allylic oxidation sites excluding steroid dienone is 5. The number of carbonyl (C=O) groups excluding carboxylic acids is 2. The van der Waals surface area contributed by atoms with Gasteiger partial charge in [-0.15, -0.1) is 0 Å². The Bertz CT molecular complexity index is 879. The molecule has 0 bridgehead atoms. The molecule has 0 saturated carbocycles. The highest BCUT2D eigenvalue weighted by Gasteiger charge is 2.37. The number of rotatable bonds is 3. The molecule has 0 fully saturated rings. The second-order valence-corrected chi connectivity index (χ2v) is 7.73. The molecule has 1 aliphatic heterocycles. The number of ketones is 2. The number of halogens is 1. The molecule has 120 valence electrons. The van der Waals surface area contributed by atoms with Crippen molar-refractivity contribution in [3.8, 4) is 0 Å². The molecule has 2 aliphatic carbocycles. The normalized spacial score (nSPS) is 24.8. The molecule has 0 spiro atoms. The molecule has 1 aromatic carbocycles. The average Bonchev–Trinajstić information content (AvgIpc) is 2.57. The van der Waals surface area contributed by atoms with E-state index >= 15 is 0 Å². The lowest BCUT2D eigenvalue weighted by Crippen LogP contribution is -2.31. The van der Waals surface area contributed by atoms with Crippen molar-refractivity contribution in [2.45, 2.75) is 17.7 Å². The van der Waals surface area contributed by atoms with Crippen LogP contribution >= 0.6 is 27.7 Å². The first kappa shape index (κ1) is 15.8. The summed E-state index contributed by atoms with van der Waals surface area (Å²) in [5.74, 6) is -0.986. The number of para-hydroxylation sites is 1. The minimum atomic E-state index is -0.369. The van der Waals surface area contributed by atoms with Gasteiger partial charge in [0.1, 0.15) is 0 Å². The molecule has 1 aromatic rings. The lowest BCUT2D eigenvalue weighted by Gasteiger charge is -2.27. The van der Waals surface area contributed by atoms with Crippen LogP contribution in [0.15, 0.2) is 68.4 Å². The smallest absolute Gasteiger partial charge is 0.231 e. The first-order chi connectivity index (χ1) is 11.7. The molecule has 0 saturated heterocycles. The van der Waals surface area contributed by atoms with Crippen LogP contribution in [-0.4, -0.2) is 22.6 Å². The Morgan fingerprint density at radius 1 is 1.17 bits per heavy atom. The lowest BCUT2D eigenvalue weighted by atomic mass is 9.82. The van der Waals surface area contributed by atoms with Gasteiger partial charge in [0.25, 0.3) is 0 Å². The molecular weight excluding hydrogens is 386 g/mol. The van der Waals surface area contributed by atoms with Crippen molar-refractivity contribution < 1.29 is 9.59 Å². The van der Waals surface area contributed by atoms with Crippen molar-refractivity contribution in [2.24, 2.45) is 10.9 Å². The fraction of sp³-hybridized carbons (Fsp3) is 0.211. The maximum Gasteiger partial charge on any atom is 0.231 e. The van der Waals surface area contributed by atoms with Crippen LogP contribution in [0.2, 0.25) is 0 Å². The molecule has 0 radical (unpaired) electrons. The van der Waals surface area contributed by atoms with Crippen LogP contribution in [0.25, 0.3) is 0 Å². The minimum absolute atomic E-state index is 0.295. The van der Waals surface area contributed by atoms with Crippen LogP contribution in [0.5, 0.6) is 0 Å². The average molecular weight is 400 g/mol. The van der Waals surface area contributed by atoms with E-state index in [1.54, 1.807) is 0 Å². The Kier molecular flexibility index (Phi) is 4.14. The maximum absolute atomic E-state index is 12.7. The van der Waals surface area contributed by atoms with Crippen LogP contribution in [-0.2, 0) is 9.59 Å². The standard InChI is InChI=1S/C19H14BrNO2S/c20-9-3-4-11-10-16-17(19(23)18(11)22)12-7-8-13(12)21-14-5-1-2-6-15(14)24-16/h1-2,5-8,10-11H,3-4,9H2/b17-12+,21-13?. The summed E-state index contributed by atoms with van der Waals surface area (Å²) >= 11 is 4.93. The van der Waals surface area contributed by atoms with Crippen molar-refractivity contribution in [3.63, 3.8) is 0 Å². The number of hydrogen-bond acceptors (Lipinski definition) is 4. The summed E-state index contributed by atoms with van der Waals surface area (Å²) < 4.78 is 0. The van der Waals surface area contributed by atoms with Gasteiger partial charge in [-0.3, -0.25) is 9.59 Å². The second kappa shape index (κ2) is 6.30. The van der Waals surface area contributed by atoms with Gasteiger partial charge in [-0.25, -0.2) is 4.99 Å². The number of benzene rings is 1. The summed E-state index contributed by atoms with van der Waals surface area (Å²) in [6.45, 7) is 0. The molecule has 3 aliphatic rings. The summed E-state index contributed by atoms with van der Waals surface area (Å²) in [4.78, 5) is 31.8. The Balaban J connectivity index is 1.87. The predicted octanol–water partition coefficient (Wildman–Crippen LogP) is 4.56. The number of hydrogen-bond donors (Lipinski definition) is 0. The van der Waals surface area contributed by atoms with E-state index in [2.05, 4.69) is 20.9 Å². The molecular formula is C19H14BrNO2S. The summed E-state index contributed by atoms with van der Waals surface area (Å²) in [6, 6.07) is 7.90. The molecule has 0 amide bonds. The highest BCUT2D eigenvalue weighted by molar-refractivity contribution is 9.09. The topological polar surface area (TPSA) is 46.5 Å². The van der Waals surface area contributed by atoms with E-state index in [0.717, 1.165) is 38.5 Å². The SMILES string of the molecule is O=C1C(=O)C(CCCBr)C=C2Sc3ccccc3N=C3C=C/C3=C\12. The van der Waals surface area contributed by atoms with E-state index in [-0.39, 0.29) is 17.5 Å². The lowest BCUT2D eigenvalue weighted by molar-refractivity contribution is -0.136. The van der Waals surface area contributed by atoms with Crippen LogP contribution in [0.4, 0.5) is 5.69 Å². The summed E-state index contributed by atoms with van der Waals surface area (Å²) in [5.41, 5.74) is 3.00. The van der Waals surface area contributed by atoms with Crippen LogP contribution in [0.3, 0.4) is 0 Å². The molecule has 3 nitrogen and oxygen atoms in total. The van der Waals surface area contributed by atoms with Gasteiger partial charge in [0.05, 0.1) is 11.4 Å². The van der Waals surface area contributed by atoms with Crippen molar-refractivity contribution in [2.75, 3.05) is 5.33 Å². The van der Waals surface area contributed by atoms with Crippen LogP contribution in [0, 0.1) is 5.92 Å². The van der Waals surface area contributed by atoms with E-state index in [1.165, 1.54) is 11.8 Å². The van der Waals surface area contributed by atoms with Gasteiger partial charge in [0.15, 0.2) is 0 Å².